The number of amides is 1. The highest BCUT2D eigenvalue weighted by Gasteiger charge is 2.08. The molecule has 0 spiro atoms. The molecule has 0 aliphatic rings. The van der Waals surface area contributed by atoms with E-state index in [0.717, 1.165) is 6.07 Å². The van der Waals surface area contributed by atoms with Gasteiger partial charge < -0.3 is 15.2 Å². The Balaban J connectivity index is 2.36. The predicted molar refractivity (Wildman–Crippen MR) is 64.9 cm³/mol. The number of nitrogens with one attached hydrogen (secondary N) is 1. The number of ether oxygens (including phenoxy) is 1. The fourth-order valence-corrected chi connectivity index (χ4v) is 1.38. The summed E-state index contributed by atoms with van der Waals surface area (Å²) in [7, 11) is 0. The van der Waals surface area contributed by atoms with Crippen molar-refractivity contribution in [1.82, 2.24) is 5.32 Å². The maximum Gasteiger partial charge on any atom is 0.329 e. The first-order valence-corrected chi connectivity index (χ1v) is 5.83. The average molecular weight is 320 g/mol. The van der Waals surface area contributed by atoms with Crippen LogP contribution in [0.2, 0.25) is 0 Å². The van der Waals surface area contributed by atoms with Crippen LogP contribution in [-0.2, 0) is 9.53 Å². The smallest absolute Gasteiger partial charge is 0.329 e. The van der Waals surface area contributed by atoms with E-state index in [0.29, 0.717) is 0 Å². The Hall–Kier alpha value is -1.47. The summed E-state index contributed by atoms with van der Waals surface area (Å²) >= 11 is 2.98. The van der Waals surface area contributed by atoms with Crippen molar-refractivity contribution in [2.45, 2.75) is 0 Å². The molecule has 1 aromatic carbocycles. The van der Waals surface area contributed by atoms with Crippen LogP contribution >= 0.6 is 15.9 Å². The molecule has 0 aromatic heterocycles. The van der Waals surface area contributed by atoms with Crippen molar-refractivity contribution in [1.29, 1.82) is 0 Å². The topological polar surface area (TPSA) is 75.6 Å². The highest BCUT2D eigenvalue weighted by molar-refractivity contribution is 9.10. The van der Waals surface area contributed by atoms with Gasteiger partial charge in [-0.05, 0) is 34.1 Å². The first-order chi connectivity index (χ1) is 8.50. The van der Waals surface area contributed by atoms with Crippen molar-refractivity contribution >= 4 is 27.8 Å². The SMILES string of the molecule is O=C(O)COCCNC(=O)c1ccc(Br)c(F)c1. The molecular weight excluding hydrogens is 309 g/mol. The van der Waals surface area contributed by atoms with Gasteiger partial charge >= 0.3 is 5.97 Å². The van der Waals surface area contributed by atoms with Crippen molar-refractivity contribution in [2.75, 3.05) is 19.8 Å². The lowest BCUT2D eigenvalue weighted by Crippen LogP contribution is -2.28. The van der Waals surface area contributed by atoms with Crippen LogP contribution in [0.15, 0.2) is 22.7 Å². The normalized spacial score (nSPS) is 10.1. The standard InChI is InChI=1S/C11H11BrFNO4/c12-8-2-1-7(5-9(8)13)11(17)14-3-4-18-6-10(15)16/h1-2,5H,3-4,6H2,(H,14,17)(H,15,16). The fourth-order valence-electron chi connectivity index (χ4n) is 1.14. The number of carbonyl (C=O) groups excluding carboxylic acids is 1. The van der Waals surface area contributed by atoms with Crippen molar-refractivity contribution in [3.63, 3.8) is 0 Å². The molecule has 0 aliphatic heterocycles. The maximum absolute atomic E-state index is 13.2. The van der Waals surface area contributed by atoms with Gasteiger partial charge in [0.15, 0.2) is 0 Å². The van der Waals surface area contributed by atoms with Gasteiger partial charge in [-0.15, -0.1) is 0 Å². The zero-order valence-corrected chi connectivity index (χ0v) is 10.9. The molecule has 98 valence electrons. The molecule has 1 rings (SSSR count). The number of hydrogen-bond acceptors (Lipinski definition) is 3. The summed E-state index contributed by atoms with van der Waals surface area (Å²) in [5.74, 6) is -2.04. The summed E-state index contributed by atoms with van der Waals surface area (Å²) in [6.07, 6.45) is 0. The molecule has 0 radical (unpaired) electrons. The van der Waals surface area contributed by atoms with Gasteiger partial charge in [0.2, 0.25) is 0 Å². The third-order valence-corrected chi connectivity index (χ3v) is 2.58. The Morgan fingerprint density at radius 1 is 1.44 bits per heavy atom. The number of aliphatic carboxylic acids is 1. The van der Waals surface area contributed by atoms with E-state index in [1.807, 2.05) is 0 Å². The number of benzene rings is 1. The van der Waals surface area contributed by atoms with Gasteiger partial charge in [-0.25, -0.2) is 9.18 Å². The highest BCUT2D eigenvalue weighted by atomic mass is 79.9. The fraction of sp³-hybridized carbons (Fsp3) is 0.273. The van der Waals surface area contributed by atoms with E-state index in [9.17, 15) is 14.0 Å². The molecule has 5 nitrogen and oxygen atoms in total. The number of carbonyl (C=O) groups is 2. The quantitative estimate of drug-likeness (QED) is 0.777. The Morgan fingerprint density at radius 3 is 2.78 bits per heavy atom. The van der Waals surface area contributed by atoms with Crippen molar-refractivity contribution in [3.05, 3.63) is 34.1 Å². The molecular formula is C11H11BrFNO4. The summed E-state index contributed by atoms with van der Waals surface area (Å²) in [4.78, 5) is 21.7. The first-order valence-electron chi connectivity index (χ1n) is 5.03. The van der Waals surface area contributed by atoms with E-state index in [-0.39, 0.29) is 23.2 Å². The Kier molecular flexibility index (Phi) is 5.73. The molecule has 7 heteroatoms. The van der Waals surface area contributed by atoms with Crippen LogP contribution in [0.1, 0.15) is 10.4 Å². The van der Waals surface area contributed by atoms with Crippen LogP contribution in [0.25, 0.3) is 0 Å². The lowest BCUT2D eigenvalue weighted by molar-refractivity contribution is -0.142. The molecule has 1 amide bonds. The summed E-state index contributed by atoms with van der Waals surface area (Å²) in [6.45, 7) is -0.177. The van der Waals surface area contributed by atoms with E-state index in [2.05, 4.69) is 21.2 Å². The van der Waals surface area contributed by atoms with Crippen LogP contribution in [0.4, 0.5) is 4.39 Å². The molecule has 0 heterocycles. The molecule has 0 aliphatic carbocycles. The van der Waals surface area contributed by atoms with Crippen LogP contribution in [0.5, 0.6) is 0 Å². The summed E-state index contributed by atoms with van der Waals surface area (Å²) < 4.78 is 18.2. The van der Waals surface area contributed by atoms with Crippen LogP contribution < -0.4 is 5.32 Å². The van der Waals surface area contributed by atoms with Gasteiger partial charge in [0, 0.05) is 12.1 Å². The zero-order chi connectivity index (χ0) is 13.5. The first kappa shape index (κ1) is 14.6. The number of hydrogen-bond donors (Lipinski definition) is 2. The van der Waals surface area contributed by atoms with E-state index in [1.54, 1.807) is 0 Å². The second-order valence-electron chi connectivity index (χ2n) is 3.33. The molecule has 0 atom stereocenters. The van der Waals surface area contributed by atoms with E-state index in [1.165, 1.54) is 12.1 Å². The van der Waals surface area contributed by atoms with Gasteiger partial charge in [-0.3, -0.25) is 4.79 Å². The molecule has 0 saturated carbocycles. The minimum absolute atomic E-state index is 0.0804. The van der Waals surface area contributed by atoms with Gasteiger partial charge in [0.1, 0.15) is 12.4 Å². The monoisotopic (exact) mass is 319 g/mol. The molecule has 1 aromatic rings. The van der Waals surface area contributed by atoms with Crippen LogP contribution in [0, 0.1) is 5.82 Å². The van der Waals surface area contributed by atoms with E-state index < -0.39 is 24.3 Å². The third kappa shape index (κ3) is 4.80. The van der Waals surface area contributed by atoms with Crippen molar-refractivity contribution in [2.24, 2.45) is 0 Å². The lowest BCUT2D eigenvalue weighted by atomic mass is 10.2. The Labute approximate surface area is 111 Å². The predicted octanol–water partition coefficient (Wildman–Crippen LogP) is 1.42. The number of rotatable bonds is 6. The summed E-state index contributed by atoms with van der Waals surface area (Å²) in [6, 6.07) is 4.02. The van der Waals surface area contributed by atoms with Crippen LogP contribution in [-0.4, -0.2) is 36.7 Å². The van der Waals surface area contributed by atoms with Crippen molar-refractivity contribution < 1.29 is 23.8 Å². The lowest BCUT2D eigenvalue weighted by Gasteiger charge is -2.05. The van der Waals surface area contributed by atoms with Gasteiger partial charge in [0.25, 0.3) is 5.91 Å². The third-order valence-electron chi connectivity index (χ3n) is 1.94. The summed E-state index contributed by atoms with van der Waals surface area (Å²) in [5, 5.41) is 10.8. The highest BCUT2D eigenvalue weighted by Crippen LogP contribution is 2.16. The molecule has 18 heavy (non-hydrogen) atoms. The van der Waals surface area contributed by atoms with Gasteiger partial charge in [0.05, 0.1) is 11.1 Å². The summed E-state index contributed by atoms with van der Waals surface area (Å²) in [5.41, 5.74) is 0.189. The van der Waals surface area contributed by atoms with E-state index in [4.69, 9.17) is 9.84 Å². The molecule has 0 saturated heterocycles. The molecule has 0 unspecified atom stereocenters. The number of carboxylic acid groups (broad SMARTS) is 1. The minimum atomic E-state index is -1.07. The van der Waals surface area contributed by atoms with Gasteiger partial charge in [-0.2, -0.15) is 0 Å². The Bertz CT molecular complexity index is 453. The average Bonchev–Trinajstić information content (AvgIpc) is 2.31. The Morgan fingerprint density at radius 2 is 2.17 bits per heavy atom. The van der Waals surface area contributed by atoms with Crippen LogP contribution in [0.3, 0.4) is 0 Å². The second-order valence-corrected chi connectivity index (χ2v) is 4.19. The van der Waals surface area contributed by atoms with E-state index >= 15 is 0 Å². The maximum atomic E-state index is 13.2. The minimum Gasteiger partial charge on any atom is -0.480 e. The van der Waals surface area contributed by atoms with Crippen molar-refractivity contribution in [3.8, 4) is 0 Å². The molecule has 2 N–H and O–H groups in total. The number of carboxylic acids is 1. The largest absolute Gasteiger partial charge is 0.480 e. The zero-order valence-electron chi connectivity index (χ0n) is 9.28. The van der Waals surface area contributed by atoms with Gasteiger partial charge in [-0.1, -0.05) is 0 Å². The number of halogens is 2. The molecule has 0 bridgehead atoms. The molecule has 0 fully saturated rings. The second kappa shape index (κ2) is 7.07.